The smallest absolute Gasteiger partial charge is 0.233 e. The van der Waals surface area contributed by atoms with Gasteiger partial charge < -0.3 is 15.8 Å². The first kappa shape index (κ1) is 17.9. The van der Waals surface area contributed by atoms with E-state index >= 15 is 0 Å². The predicted octanol–water partition coefficient (Wildman–Crippen LogP) is 0.984. The maximum Gasteiger partial charge on any atom is 0.233 e. The topological polar surface area (TPSA) is 108 Å². The molecule has 8 nitrogen and oxygen atoms in total. The number of nitrogens with two attached hydrogens (primary N) is 1. The number of amides is 1. The zero-order valence-electron chi connectivity index (χ0n) is 13.9. The molecule has 0 radical (unpaired) electrons. The van der Waals surface area contributed by atoms with Crippen LogP contribution in [-0.4, -0.2) is 46.3 Å². The molecule has 2 aromatic rings. The molecule has 0 spiro atoms. The second-order valence-corrected chi connectivity index (χ2v) is 5.41. The number of methoxy groups -OCH3 is 1. The normalized spacial score (nSPS) is 10.6. The molecule has 0 saturated carbocycles. The van der Waals surface area contributed by atoms with E-state index < -0.39 is 0 Å². The Labute approximate surface area is 141 Å². The van der Waals surface area contributed by atoms with Crippen molar-refractivity contribution in [2.75, 3.05) is 20.2 Å². The molecule has 0 saturated heterocycles. The van der Waals surface area contributed by atoms with Gasteiger partial charge in [0.1, 0.15) is 5.75 Å². The van der Waals surface area contributed by atoms with Gasteiger partial charge in [-0.2, -0.15) is 4.80 Å². The maximum atomic E-state index is 11.0. The fourth-order valence-corrected chi connectivity index (χ4v) is 2.23. The average Bonchev–Trinajstić information content (AvgIpc) is 3.09. The highest BCUT2D eigenvalue weighted by Gasteiger charge is 2.06. The van der Waals surface area contributed by atoms with Crippen molar-refractivity contribution in [2.45, 2.75) is 32.2 Å². The van der Waals surface area contributed by atoms with E-state index in [0.717, 1.165) is 43.5 Å². The predicted molar refractivity (Wildman–Crippen MR) is 90.3 cm³/mol. The Balaban J connectivity index is 1.67. The first-order valence-electron chi connectivity index (χ1n) is 8.12. The van der Waals surface area contributed by atoms with Crippen LogP contribution in [0.2, 0.25) is 0 Å². The Morgan fingerprint density at radius 2 is 1.96 bits per heavy atom. The van der Waals surface area contributed by atoms with Crippen LogP contribution in [0.25, 0.3) is 11.4 Å². The fraction of sp³-hybridized carbons (Fsp3) is 0.500. The first-order valence-corrected chi connectivity index (χ1v) is 8.12. The van der Waals surface area contributed by atoms with Crippen LogP contribution in [-0.2, 0) is 11.3 Å². The molecule has 1 amide bonds. The second-order valence-electron chi connectivity index (χ2n) is 5.41. The SMILES string of the molecule is COc1ccc(-c2nnn(CCCCCCNC(=O)CN)n2)cc1. The molecule has 130 valence electrons. The molecule has 8 heteroatoms. The van der Waals surface area contributed by atoms with Crippen LogP contribution in [0.4, 0.5) is 0 Å². The van der Waals surface area contributed by atoms with E-state index in [4.69, 9.17) is 10.5 Å². The number of tetrazole rings is 1. The van der Waals surface area contributed by atoms with Crippen LogP contribution in [0.3, 0.4) is 0 Å². The average molecular weight is 332 g/mol. The molecular weight excluding hydrogens is 308 g/mol. The molecule has 2 rings (SSSR count). The standard InChI is InChI=1S/C16H24N6O2/c1-24-14-8-6-13(7-9-14)16-19-21-22(20-16)11-5-3-2-4-10-18-15(23)12-17/h6-9H,2-5,10-12,17H2,1H3,(H,18,23). The van der Waals surface area contributed by atoms with E-state index in [9.17, 15) is 4.79 Å². The quantitative estimate of drug-likeness (QED) is 0.628. The van der Waals surface area contributed by atoms with Gasteiger partial charge >= 0.3 is 0 Å². The van der Waals surface area contributed by atoms with E-state index in [1.54, 1.807) is 11.9 Å². The molecule has 0 aliphatic heterocycles. The van der Waals surface area contributed by atoms with Crippen molar-refractivity contribution in [1.82, 2.24) is 25.5 Å². The van der Waals surface area contributed by atoms with E-state index in [2.05, 4.69) is 20.7 Å². The van der Waals surface area contributed by atoms with E-state index in [0.29, 0.717) is 12.4 Å². The lowest BCUT2D eigenvalue weighted by atomic mass is 10.2. The number of rotatable bonds is 10. The zero-order chi connectivity index (χ0) is 17.2. The van der Waals surface area contributed by atoms with Gasteiger partial charge in [0.15, 0.2) is 0 Å². The van der Waals surface area contributed by atoms with E-state index in [1.165, 1.54) is 0 Å². The number of hydrogen-bond donors (Lipinski definition) is 2. The molecule has 0 atom stereocenters. The van der Waals surface area contributed by atoms with Gasteiger partial charge in [-0.1, -0.05) is 12.8 Å². The number of aryl methyl sites for hydroxylation is 1. The van der Waals surface area contributed by atoms with Crippen molar-refractivity contribution >= 4 is 5.91 Å². The Morgan fingerprint density at radius 3 is 2.67 bits per heavy atom. The molecule has 1 heterocycles. The summed E-state index contributed by atoms with van der Waals surface area (Å²) in [6.45, 7) is 1.46. The number of carbonyl (C=O) groups excluding carboxylic acids is 1. The highest BCUT2D eigenvalue weighted by Crippen LogP contribution is 2.18. The number of unbranched alkanes of at least 4 members (excludes halogenated alkanes) is 3. The van der Waals surface area contributed by atoms with Crippen molar-refractivity contribution in [1.29, 1.82) is 0 Å². The van der Waals surface area contributed by atoms with Crippen LogP contribution in [0.1, 0.15) is 25.7 Å². The number of carbonyl (C=O) groups is 1. The number of hydrogen-bond acceptors (Lipinski definition) is 6. The number of benzene rings is 1. The summed E-state index contributed by atoms with van der Waals surface area (Å²) < 4.78 is 5.13. The Morgan fingerprint density at radius 1 is 1.21 bits per heavy atom. The molecule has 0 unspecified atom stereocenters. The fourth-order valence-electron chi connectivity index (χ4n) is 2.23. The summed E-state index contributed by atoms with van der Waals surface area (Å²) >= 11 is 0. The van der Waals surface area contributed by atoms with Crippen LogP contribution in [0.5, 0.6) is 5.75 Å². The van der Waals surface area contributed by atoms with Gasteiger partial charge in [0, 0.05) is 12.1 Å². The number of ether oxygens (including phenoxy) is 1. The summed E-state index contributed by atoms with van der Waals surface area (Å²) in [5, 5.41) is 15.3. The first-order chi connectivity index (χ1) is 11.7. The minimum absolute atomic E-state index is 0.0501. The van der Waals surface area contributed by atoms with E-state index in [1.807, 2.05) is 24.3 Å². The Kier molecular flexibility index (Phi) is 7.16. The van der Waals surface area contributed by atoms with Gasteiger partial charge in [-0.25, -0.2) is 0 Å². The summed E-state index contributed by atoms with van der Waals surface area (Å²) in [7, 11) is 1.63. The Bertz CT molecular complexity index is 626. The van der Waals surface area contributed by atoms with Crippen LogP contribution >= 0.6 is 0 Å². The number of aromatic nitrogens is 4. The van der Waals surface area contributed by atoms with Crippen molar-refractivity contribution in [2.24, 2.45) is 5.73 Å². The lowest BCUT2D eigenvalue weighted by molar-refractivity contribution is -0.119. The number of nitrogens with zero attached hydrogens (tertiary/aromatic N) is 4. The number of nitrogens with one attached hydrogen (secondary N) is 1. The highest BCUT2D eigenvalue weighted by molar-refractivity contribution is 5.77. The van der Waals surface area contributed by atoms with Crippen LogP contribution in [0.15, 0.2) is 24.3 Å². The van der Waals surface area contributed by atoms with Gasteiger partial charge in [0.25, 0.3) is 0 Å². The molecule has 0 bridgehead atoms. The molecule has 24 heavy (non-hydrogen) atoms. The highest BCUT2D eigenvalue weighted by atomic mass is 16.5. The third-order valence-corrected chi connectivity index (χ3v) is 3.59. The summed E-state index contributed by atoms with van der Waals surface area (Å²) in [6, 6.07) is 7.57. The lowest BCUT2D eigenvalue weighted by Crippen LogP contribution is -2.30. The molecule has 0 fully saturated rings. The third-order valence-electron chi connectivity index (χ3n) is 3.59. The van der Waals surface area contributed by atoms with Gasteiger partial charge in [-0.05, 0) is 42.3 Å². The third kappa shape index (κ3) is 5.62. The summed E-state index contributed by atoms with van der Waals surface area (Å²) in [6.07, 6.45) is 4.03. The van der Waals surface area contributed by atoms with Crippen molar-refractivity contribution in [3.63, 3.8) is 0 Å². The second kappa shape index (κ2) is 9.61. The minimum atomic E-state index is -0.104. The molecule has 0 aliphatic rings. The molecule has 1 aromatic carbocycles. The van der Waals surface area contributed by atoms with Gasteiger partial charge in [-0.3, -0.25) is 4.79 Å². The van der Waals surface area contributed by atoms with Crippen molar-refractivity contribution < 1.29 is 9.53 Å². The minimum Gasteiger partial charge on any atom is -0.497 e. The molecule has 0 aliphatic carbocycles. The maximum absolute atomic E-state index is 11.0. The van der Waals surface area contributed by atoms with Crippen LogP contribution < -0.4 is 15.8 Å². The molecular formula is C16H24N6O2. The van der Waals surface area contributed by atoms with Gasteiger partial charge in [0.2, 0.25) is 11.7 Å². The van der Waals surface area contributed by atoms with Crippen LogP contribution in [0, 0.1) is 0 Å². The zero-order valence-corrected chi connectivity index (χ0v) is 13.9. The summed E-state index contributed by atoms with van der Waals surface area (Å²) in [5.41, 5.74) is 6.13. The van der Waals surface area contributed by atoms with E-state index in [-0.39, 0.29) is 12.5 Å². The molecule has 3 N–H and O–H groups in total. The Hall–Kier alpha value is -2.48. The van der Waals surface area contributed by atoms with Gasteiger partial charge in [-0.15, -0.1) is 10.2 Å². The summed E-state index contributed by atoms with van der Waals surface area (Å²) in [4.78, 5) is 12.6. The monoisotopic (exact) mass is 332 g/mol. The van der Waals surface area contributed by atoms with Crippen molar-refractivity contribution in [3.05, 3.63) is 24.3 Å². The van der Waals surface area contributed by atoms with Crippen molar-refractivity contribution in [3.8, 4) is 17.1 Å². The lowest BCUT2D eigenvalue weighted by Gasteiger charge is -2.03. The van der Waals surface area contributed by atoms with Gasteiger partial charge in [0.05, 0.1) is 20.2 Å². The summed E-state index contributed by atoms with van der Waals surface area (Å²) in [5.74, 6) is 1.31. The molecule has 1 aromatic heterocycles. The largest absolute Gasteiger partial charge is 0.497 e.